The Bertz CT molecular complexity index is 1540. The van der Waals surface area contributed by atoms with Gasteiger partial charge in [-0.3, -0.25) is 14.3 Å². The van der Waals surface area contributed by atoms with Gasteiger partial charge in [-0.1, -0.05) is 24.6 Å². The molecule has 4 rings (SSSR count). The van der Waals surface area contributed by atoms with Crippen molar-refractivity contribution < 1.29 is 23.1 Å². The van der Waals surface area contributed by atoms with Crippen LogP contribution in [0.2, 0.25) is 5.02 Å². The number of carbonyl (C=O) groups is 1. The van der Waals surface area contributed by atoms with Crippen LogP contribution in [0.15, 0.2) is 66.4 Å². The van der Waals surface area contributed by atoms with E-state index in [1.807, 2.05) is 0 Å². The van der Waals surface area contributed by atoms with Gasteiger partial charge in [0.15, 0.2) is 17.8 Å². The Kier molecular flexibility index (Phi) is 8.11. The van der Waals surface area contributed by atoms with Crippen LogP contribution >= 0.6 is 11.6 Å². The summed E-state index contributed by atoms with van der Waals surface area (Å²) in [6.07, 6.45) is -3.23. The number of aliphatic hydroxyl groups is 1. The highest BCUT2D eigenvalue weighted by Crippen LogP contribution is 2.24. The van der Waals surface area contributed by atoms with Crippen LogP contribution in [0.25, 0.3) is 17.1 Å². The van der Waals surface area contributed by atoms with Gasteiger partial charge >= 0.3 is 11.9 Å². The Labute approximate surface area is 225 Å². The van der Waals surface area contributed by atoms with Crippen LogP contribution in [0, 0.1) is 5.92 Å². The molecule has 0 amide bonds. The highest BCUT2D eigenvalue weighted by molar-refractivity contribution is 6.30. The predicted octanol–water partition coefficient (Wildman–Crippen LogP) is 3.25. The van der Waals surface area contributed by atoms with Crippen molar-refractivity contribution in [1.82, 2.24) is 34.1 Å². The number of nitrogens with zero attached hydrogens (tertiary/aromatic N) is 7. The first-order valence-electron chi connectivity index (χ1n) is 11.7. The van der Waals surface area contributed by atoms with Crippen LogP contribution in [-0.2, 0) is 24.3 Å². The molecule has 2 atom stereocenters. The predicted molar refractivity (Wildman–Crippen MR) is 135 cm³/mol. The molecule has 0 aliphatic heterocycles. The molecule has 3 heterocycles. The molecule has 1 N–H and O–H groups in total. The van der Waals surface area contributed by atoms with Crippen molar-refractivity contribution in [3.05, 3.63) is 88.6 Å². The van der Waals surface area contributed by atoms with Crippen LogP contribution in [0.4, 0.5) is 13.2 Å². The summed E-state index contributed by atoms with van der Waals surface area (Å²) in [5.41, 5.74) is 0.376. The third-order valence-corrected chi connectivity index (χ3v) is 6.16. The lowest BCUT2D eigenvalue weighted by atomic mass is 10.0. The van der Waals surface area contributed by atoms with Gasteiger partial charge in [0.25, 0.3) is 0 Å². The molecule has 39 heavy (non-hydrogen) atoms. The van der Waals surface area contributed by atoms with E-state index >= 15 is 0 Å². The van der Waals surface area contributed by atoms with Crippen LogP contribution in [0.5, 0.6) is 0 Å². The number of ketones is 1. The van der Waals surface area contributed by atoms with E-state index in [1.54, 1.807) is 31.3 Å². The first-order valence-corrected chi connectivity index (χ1v) is 12.0. The van der Waals surface area contributed by atoms with E-state index in [-0.39, 0.29) is 36.3 Å². The van der Waals surface area contributed by atoms with Crippen molar-refractivity contribution in [3.63, 3.8) is 0 Å². The highest BCUT2D eigenvalue weighted by Gasteiger charge is 2.39. The van der Waals surface area contributed by atoms with Gasteiger partial charge in [-0.25, -0.2) is 19.1 Å². The summed E-state index contributed by atoms with van der Waals surface area (Å²) in [6.45, 7) is 4.03. The van der Waals surface area contributed by atoms with E-state index in [4.69, 9.17) is 11.6 Å². The summed E-state index contributed by atoms with van der Waals surface area (Å²) < 4.78 is 42.3. The summed E-state index contributed by atoms with van der Waals surface area (Å²) in [6, 6.07) is 9.36. The molecule has 0 radical (unpaired) electrons. The third kappa shape index (κ3) is 6.32. The Morgan fingerprint density at radius 2 is 1.90 bits per heavy atom. The molecule has 0 saturated heterocycles. The second kappa shape index (κ2) is 11.3. The zero-order valence-corrected chi connectivity index (χ0v) is 21.3. The molecular formula is C25H23ClF3N7O3. The minimum atomic E-state index is -4.94. The number of hydrogen-bond acceptors (Lipinski definition) is 7. The van der Waals surface area contributed by atoms with E-state index in [0.717, 1.165) is 9.25 Å². The summed E-state index contributed by atoms with van der Waals surface area (Å²) >= 11 is 5.91. The van der Waals surface area contributed by atoms with Crippen molar-refractivity contribution in [1.29, 1.82) is 0 Å². The van der Waals surface area contributed by atoms with E-state index in [0.29, 0.717) is 22.0 Å². The van der Waals surface area contributed by atoms with Crippen LogP contribution in [-0.4, -0.2) is 57.3 Å². The molecule has 0 fully saturated rings. The fourth-order valence-corrected chi connectivity index (χ4v) is 3.78. The second-order valence-corrected chi connectivity index (χ2v) is 9.12. The molecule has 0 bridgehead atoms. The molecule has 0 aliphatic carbocycles. The molecule has 14 heteroatoms. The van der Waals surface area contributed by atoms with Crippen molar-refractivity contribution in [3.8, 4) is 17.1 Å². The van der Waals surface area contributed by atoms with Gasteiger partial charge in [-0.15, -0.1) is 16.8 Å². The molecule has 204 valence electrons. The lowest BCUT2D eigenvalue weighted by Gasteiger charge is -2.15. The molecule has 1 unspecified atom stereocenters. The van der Waals surface area contributed by atoms with E-state index < -0.39 is 24.5 Å². The van der Waals surface area contributed by atoms with E-state index in [2.05, 4.69) is 26.7 Å². The number of aliphatic hydroxyl groups excluding tert-OH is 1. The number of carbonyl (C=O) groups excluding carboxylic acids is 1. The smallest absolute Gasteiger partial charge is 0.382 e. The Morgan fingerprint density at radius 1 is 1.18 bits per heavy atom. The molecule has 3 aromatic heterocycles. The quantitative estimate of drug-likeness (QED) is 0.295. The van der Waals surface area contributed by atoms with Crippen molar-refractivity contribution >= 4 is 17.4 Å². The highest BCUT2D eigenvalue weighted by atomic mass is 35.5. The number of alkyl halides is 3. The number of hydrogen-bond donors (Lipinski definition) is 1. The van der Waals surface area contributed by atoms with Gasteiger partial charge in [-0.2, -0.15) is 13.2 Å². The maximum Gasteiger partial charge on any atom is 0.416 e. The number of pyridine rings is 1. The normalized spacial score (nSPS) is 13.3. The van der Waals surface area contributed by atoms with Crippen LogP contribution in [0.1, 0.15) is 18.4 Å². The van der Waals surface area contributed by atoms with Gasteiger partial charge in [0.05, 0.1) is 24.3 Å². The third-order valence-electron chi connectivity index (χ3n) is 5.91. The summed E-state index contributed by atoms with van der Waals surface area (Å²) in [7, 11) is 0. The van der Waals surface area contributed by atoms with E-state index in [1.165, 1.54) is 35.3 Å². The lowest BCUT2D eigenvalue weighted by Crippen LogP contribution is -2.37. The first-order chi connectivity index (χ1) is 18.5. The zero-order chi connectivity index (χ0) is 28.3. The molecular weight excluding hydrogens is 539 g/mol. The fourth-order valence-electron chi connectivity index (χ4n) is 3.65. The largest absolute Gasteiger partial charge is 0.416 e. The Hall–Kier alpha value is -4.10. The number of aromatic nitrogens is 7. The average molecular weight is 562 g/mol. The van der Waals surface area contributed by atoms with Crippen LogP contribution in [0.3, 0.4) is 0 Å². The van der Waals surface area contributed by atoms with Crippen molar-refractivity contribution in [2.24, 2.45) is 5.92 Å². The topological polar surface area (TPSA) is 121 Å². The number of allylic oxidation sites excluding steroid dienone is 1. The maximum atomic E-state index is 13.1. The Balaban J connectivity index is 1.66. The number of halogens is 4. The van der Waals surface area contributed by atoms with Gasteiger partial charge in [-0.05, 0) is 36.4 Å². The standard InChI is InChI=1S/C25H23ClF3N7O3/c1-3-15(2)20(37)11-18-19(5-4-10-30-18)36-14-31-22(32-36)13-35-24(39)34(12-21(38)25(27,28)29)23(33-35)16-6-8-17(26)9-7-16/h3-10,14-15,21,38H,1,11-13H2,2H3/t15?,21-/m0/s1. The SMILES string of the molecule is C=CC(C)C(=O)Cc1ncccc1-n1cnc(Cn2nc(-c3ccc(Cl)cc3)n(C[C@H](O)C(F)(F)F)c2=O)n1. The summed E-state index contributed by atoms with van der Waals surface area (Å²) in [5, 5.41) is 18.6. The zero-order valence-electron chi connectivity index (χ0n) is 20.6. The lowest BCUT2D eigenvalue weighted by molar-refractivity contribution is -0.207. The molecule has 4 aromatic rings. The van der Waals surface area contributed by atoms with Gasteiger partial charge in [0, 0.05) is 22.7 Å². The Morgan fingerprint density at radius 3 is 2.56 bits per heavy atom. The maximum absolute atomic E-state index is 13.1. The monoisotopic (exact) mass is 561 g/mol. The van der Waals surface area contributed by atoms with Crippen molar-refractivity contribution in [2.45, 2.75) is 38.7 Å². The number of benzene rings is 1. The van der Waals surface area contributed by atoms with Gasteiger partial charge < -0.3 is 5.11 Å². The molecule has 0 spiro atoms. The fraction of sp³-hybridized carbons (Fsp3) is 0.280. The first kappa shape index (κ1) is 27.9. The number of rotatable bonds is 10. The van der Waals surface area contributed by atoms with E-state index in [9.17, 15) is 27.9 Å². The molecule has 0 aliphatic rings. The number of Topliss-reactive ketones (excluding diaryl/α,β-unsaturated/α-hetero) is 1. The second-order valence-electron chi connectivity index (χ2n) is 8.68. The summed E-state index contributed by atoms with van der Waals surface area (Å²) in [5.74, 6) is -0.415. The summed E-state index contributed by atoms with van der Waals surface area (Å²) in [4.78, 5) is 34.0. The van der Waals surface area contributed by atoms with Gasteiger partial charge in [0.2, 0.25) is 0 Å². The van der Waals surface area contributed by atoms with Gasteiger partial charge in [0.1, 0.15) is 18.7 Å². The molecule has 10 nitrogen and oxygen atoms in total. The molecule has 1 aromatic carbocycles. The molecule has 0 saturated carbocycles. The minimum absolute atomic E-state index is 0.0361. The van der Waals surface area contributed by atoms with Crippen LogP contribution < -0.4 is 5.69 Å². The minimum Gasteiger partial charge on any atom is -0.382 e. The van der Waals surface area contributed by atoms with Crippen molar-refractivity contribution in [2.75, 3.05) is 0 Å². The average Bonchev–Trinajstić information content (AvgIpc) is 3.49.